The van der Waals surface area contributed by atoms with Crippen LogP contribution in [-0.4, -0.2) is 28.9 Å². The van der Waals surface area contributed by atoms with Crippen molar-refractivity contribution in [3.05, 3.63) is 58.1 Å². The van der Waals surface area contributed by atoms with Crippen LogP contribution in [0.3, 0.4) is 0 Å². The van der Waals surface area contributed by atoms with Gasteiger partial charge in [-0.15, -0.1) is 11.3 Å². The number of rotatable bonds is 7. The molecule has 9 heteroatoms. The lowest BCUT2D eigenvalue weighted by atomic mass is 10.1. The normalized spacial score (nSPS) is 15.5. The third kappa shape index (κ3) is 5.58. The quantitative estimate of drug-likeness (QED) is 0.724. The van der Waals surface area contributed by atoms with E-state index in [9.17, 15) is 14.4 Å². The van der Waals surface area contributed by atoms with Crippen LogP contribution in [0.25, 0.3) is 0 Å². The van der Waals surface area contributed by atoms with E-state index in [1.165, 1.54) is 29.7 Å². The van der Waals surface area contributed by atoms with Gasteiger partial charge >= 0.3 is 0 Å². The van der Waals surface area contributed by atoms with E-state index in [0.717, 1.165) is 11.3 Å². The predicted molar refractivity (Wildman–Crippen MR) is 108 cm³/mol. The van der Waals surface area contributed by atoms with Crippen molar-refractivity contribution in [2.45, 2.75) is 19.4 Å². The molecule has 144 valence electrons. The first-order valence-corrected chi connectivity index (χ1v) is 9.79. The van der Waals surface area contributed by atoms with Crippen LogP contribution in [-0.2, 0) is 27.3 Å². The van der Waals surface area contributed by atoms with Gasteiger partial charge < -0.3 is 10.6 Å². The van der Waals surface area contributed by atoms with E-state index >= 15 is 0 Å². The van der Waals surface area contributed by atoms with Crippen molar-refractivity contribution in [3.8, 4) is 0 Å². The number of hydrogen-bond acceptors (Lipinski definition) is 5. The minimum Gasteiger partial charge on any atom is -0.352 e. The molecule has 1 aliphatic rings. The highest BCUT2D eigenvalue weighted by Gasteiger charge is 2.18. The van der Waals surface area contributed by atoms with Gasteiger partial charge in [-0.25, -0.2) is 9.98 Å². The second-order valence-electron chi connectivity index (χ2n) is 6.00. The van der Waals surface area contributed by atoms with Gasteiger partial charge in [0.1, 0.15) is 0 Å². The van der Waals surface area contributed by atoms with E-state index in [-0.39, 0.29) is 24.1 Å². The van der Waals surface area contributed by atoms with Gasteiger partial charge in [-0.05, 0) is 18.1 Å². The monoisotopic (exact) mass is 416 g/mol. The summed E-state index contributed by atoms with van der Waals surface area (Å²) >= 11 is 7.34. The number of amides is 3. The zero-order valence-electron chi connectivity index (χ0n) is 14.7. The number of nitrogens with zero attached hydrogens (tertiary/aromatic N) is 2. The van der Waals surface area contributed by atoms with Crippen molar-refractivity contribution >= 4 is 52.0 Å². The summed E-state index contributed by atoms with van der Waals surface area (Å²) in [6.07, 6.45) is 4.79. The highest BCUT2D eigenvalue weighted by atomic mass is 35.5. The van der Waals surface area contributed by atoms with E-state index in [1.54, 1.807) is 11.4 Å². The van der Waals surface area contributed by atoms with Crippen molar-refractivity contribution in [1.29, 1.82) is 0 Å². The molecule has 2 N–H and O–H groups in total. The summed E-state index contributed by atoms with van der Waals surface area (Å²) in [7, 11) is 0. The molecule has 1 aliphatic heterocycles. The molecule has 1 aromatic carbocycles. The first-order chi connectivity index (χ1) is 13.5. The fourth-order valence-corrected chi connectivity index (χ4v) is 3.37. The van der Waals surface area contributed by atoms with Crippen LogP contribution in [0.5, 0.6) is 0 Å². The number of anilines is 1. The molecule has 2 aromatic rings. The van der Waals surface area contributed by atoms with Gasteiger partial charge in [0.25, 0.3) is 5.91 Å². The average Bonchev–Trinajstić information content (AvgIpc) is 3.13. The topological polar surface area (TPSA) is 101 Å². The first-order valence-electron chi connectivity index (χ1n) is 8.53. The summed E-state index contributed by atoms with van der Waals surface area (Å²) < 4.78 is 0. The van der Waals surface area contributed by atoms with E-state index in [0.29, 0.717) is 23.1 Å². The Balaban J connectivity index is 1.44. The predicted octanol–water partition coefficient (Wildman–Crippen LogP) is 2.77. The highest BCUT2D eigenvalue weighted by Crippen LogP contribution is 2.18. The molecule has 28 heavy (non-hydrogen) atoms. The van der Waals surface area contributed by atoms with Crippen LogP contribution < -0.4 is 10.6 Å². The molecule has 7 nitrogen and oxygen atoms in total. The number of carbonyl (C=O) groups excluding carboxylic acids is 3. The zero-order chi connectivity index (χ0) is 19.9. The Morgan fingerprint density at radius 3 is 2.82 bits per heavy atom. The second-order valence-corrected chi connectivity index (χ2v) is 7.27. The Bertz CT molecular complexity index is 938. The third-order valence-electron chi connectivity index (χ3n) is 3.94. The number of benzene rings is 1. The number of thiazole rings is 1. The molecule has 0 fully saturated rings. The maximum atomic E-state index is 12.1. The number of nitrogens with one attached hydrogen (secondary N) is 2. The minimum absolute atomic E-state index is 0.105. The molecular formula is C19H17ClN4O3S. The Morgan fingerprint density at radius 1 is 1.25 bits per heavy atom. The SMILES string of the molecule is O=C1C=CC(C(=O)Nc2nc(CCC(=O)NCc3ccccc3Cl)cs2)C=N1. The molecule has 0 bridgehead atoms. The molecule has 0 spiro atoms. The van der Waals surface area contributed by atoms with E-state index in [1.807, 2.05) is 18.2 Å². The maximum absolute atomic E-state index is 12.1. The fourth-order valence-electron chi connectivity index (χ4n) is 2.42. The molecule has 0 aliphatic carbocycles. The number of aliphatic imine (C=N–C) groups is 1. The van der Waals surface area contributed by atoms with Crippen LogP contribution in [0.2, 0.25) is 5.02 Å². The molecular weight excluding hydrogens is 400 g/mol. The fraction of sp³-hybridized carbons (Fsp3) is 0.211. The molecule has 0 radical (unpaired) electrons. The van der Waals surface area contributed by atoms with Crippen LogP contribution in [0, 0.1) is 5.92 Å². The summed E-state index contributed by atoms with van der Waals surface area (Å²) in [6, 6.07) is 7.34. The molecule has 2 heterocycles. The lowest BCUT2D eigenvalue weighted by Crippen LogP contribution is -2.24. The van der Waals surface area contributed by atoms with Crippen LogP contribution >= 0.6 is 22.9 Å². The molecule has 1 aromatic heterocycles. The average molecular weight is 417 g/mol. The van der Waals surface area contributed by atoms with Crippen molar-refractivity contribution in [2.75, 3.05) is 5.32 Å². The molecule has 3 rings (SSSR count). The summed E-state index contributed by atoms with van der Waals surface area (Å²) in [5.74, 6) is -1.40. The zero-order valence-corrected chi connectivity index (χ0v) is 16.3. The van der Waals surface area contributed by atoms with Gasteiger partial charge in [-0.3, -0.25) is 14.4 Å². The van der Waals surface area contributed by atoms with Gasteiger partial charge in [-0.1, -0.05) is 35.9 Å². The van der Waals surface area contributed by atoms with Crippen molar-refractivity contribution in [3.63, 3.8) is 0 Å². The standard InChI is InChI=1S/C19H17ClN4O3S/c20-15-4-2-1-3-12(15)9-21-17(26)8-6-14-11-28-19(23-14)24-18(27)13-5-7-16(25)22-10-13/h1-5,7,10-11,13H,6,8-9H2,(H,21,26)(H,23,24,27). The van der Waals surface area contributed by atoms with Crippen molar-refractivity contribution < 1.29 is 14.4 Å². The number of aryl methyl sites for hydroxylation is 1. The molecule has 0 saturated carbocycles. The number of hydrogen-bond donors (Lipinski definition) is 2. The number of dihydropyridines is 1. The Labute approximate surface area is 170 Å². The smallest absolute Gasteiger partial charge is 0.269 e. The van der Waals surface area contributed by atoms with Crippen LogP contribution in [0.4, 0.5) is 5.13 Å². The van der Waals surface area contributed by atoms with Gasteiger partial charge in [0.2, 0.25) is 11.8 Å². The second kappa shape index (κ2) is 9.38. The summed E-state index contributed by atoms with van der Waals surface area (Å²) in [5, 5.41) is 8.37. The van der Waals surface area contributed by atoms with E-state index < -0.39 is 5.92 Å². The molecule has 1 unspecified atom stereocenters. The van der Waals surface area contributed by atoms with Crippen LogP contribution in [0.15, 0.2) is 46.8 Å². The highest BCUT2D eigenvalue weighted by molar-refractivity contribution is 7.13. The maximum Gasteiger partial charge on any atom is 0.269 e. The Morgan fingerprint density at radius 2 is 2.07 bits per heavy atom. The third-order valence-corrected chi connectivity index (χ3v) is 5.11. The van der Waals surface area contributed by atoms with E-state index in [4.69, 9.17) is 11.6 Å². The minimum atomic E-state index is -0.597. The van der Waals surface area contributed by atoms with E-state index in [2.05, 4.69) is 20.6 Å². The molecule has 3 amide bonds. The largest absolute Gasteiger partial charge is 0.352 e. The van der Waals surface area contributed by atoms with Gasteiger partial charge in [0, 0.05) is 35.7 Å². The number of carbonyl (C=O) groups is 3. The lowest BCUT2D eigenvalue weighted by Gasteiger charge is -2.08. The molecule has 1 atom stereocenters. The molecule has 0 saturated heterocycles. The van der Waals surface area contributed by atoms with Gasteiger partial charge in [-0.2, -0.15) is 0 Å². The first kappa shape index (κ1) is 19.9. The lowest BCUT2D eigenvalue weighted by molar-refractivity contribution is -0.121. The number of aromatic nitrogens is 1. The summed E-state index contributed by atoms with van der Waals surface area (Å²) in [4.78, 5) is 43.0. The van der Waals surface area contributed by atoms with Crippen LogP contribution in [0.1, 0.15) is 17.7 Å². The van der Waals surface area contributed by atoms with Crippen molar-refractivity contribution in [1.82, 2.24) is 10.3 Å². The summed E-state index contributed by atoms with van der Waals surface area (Å²) in [5.41, 5.74) is 1.58. The summed E-state index contributed by atoms with van der Waals surface area (Å²) in [6.45, 7) is 0.371. The number of halogens is 1. The van der Waals surface area contributed by atoms with Gasteiger partial charge in [0.05, 0.1) is 11.6 Å². The van der Waals surface area contributed by atoms with Crippen molar-refractivity contribution in [2.24, 2.45) is 10.9 Å². The van der Waals surface area contributed by atoms with Gasteiger partial charge in [0.15, 0.2) is 5.13 Å². The Kier molecular flexibility index (Phi) is 6.67. The Hall–Kier alpha value is -2.84.